The lowest BCUT2D eigenvalue weighted by Crippen LogP contribution is -2.28. The lowest BCUT2D eigenvalue weighted by molar-refractivity contribution is -0.144. The summed E-state index contributed by atoms with van der Waals surface area (Å²) in [6.45, 7) is 6.41. The Morgan fingerprint density at radius 1 is 1.41 bits per heavy atom. The fraction of sp³-hybridized carbons (Fsp3) is 0.500. The van der Waals surface area contributed by atoms with Crippen LogP contribution in [-0.4, -0.2) is 29.1 Å². The van der Waals surface area contributed by atoms with Crippen LogP contribution < -0.4 is 0 Å². The Morgan fingerprint density at radius 2 is 2.06 bits per heavy atom. The molecule has 3 nitrogen and oxygen atoms in total. The van der Waals surface area contributed by atoms with Crippen LogP contribution in [0.3, 0.4) is 0 Å². The number of hydrogen-bond acceptors (Lipinski definition) is 2. The Hall–Kier alpha value is -1.35. The molecule has 0 aliphatic carbocycles. The molecular formula is C14H19NO2. The number of hydrogen-bond donors (Lipinski definition) is 1. The molecule has 1 saturated heterocycles. The van der Waals surface area contributed by atoms with Crippen molar-refractivity contribution in [3.63, 3.8) is 0 Å². The fourth-order valence-electron chi connectivity index (χ4n) is 2.63. The number of likely N-dealkylation sites (tertiary alicyclic amines) is 1. The molecule has 0 radical (unpaired) electrons. The van der Waals surface area contributed by atoms with Gasteiger partial charge in [0.05, 0.1) is 5.92 Å². The molecule has 2 rings (SSSR count). The van der Waals surface area contributed by atoms with Gasteiger partial charge in [0, 0.05) is 19.6 Å². The van der Waals surface area contributed by atoms with Crippen LogP contribution in [0.25, 0.3) is 0 Å². The second kappa shape index (κ2) is 4.49. The van der Waals surface area contributed by atoms with E-state index >= 15 is 0 Å². The first-order valence-electron chi connectivity index (χ1n) is 5.98. The lowest BCUT2D eigenvalue weighted by Gasteiger charge is -2.22. The molecule has 1 heterocycles. The number of aliphatic carboxylic acids is 1. The number of rotatable bonds is 3. The van der Waals surface area contributed by atoms with E-state index in [2.05, 4.69) is 17.0 Å². The van der Waals surface area contributed by atoms with E-state index < -0.39 is 5.97 Å². The van der Waals surface area contributed by atoms with Crippen LogP contribution in [-0.2, 0) is 11.3 Å². The van der Waals surface area contributed by atoms with Gasteiger partial charge in [0.2, 0.25) is 0 Å². The molecule has 0 aromatic heterocycles. The standard InChI is InChI=1S/C14H19NO2/c1-14(2)10-15(9-12(14)13(16)17)8-11-6-4-3-5-7-11/h3-7,12H,8-10H2,1-2H3,(H,16,17)/t12-/m1/s1. The van der Waals surface area contributed by atoms with Crippen molar-refractivity contribution in [2.24, 2.45) is 11.3 Å². The van der Waals surface area contributed by atoms with Crippen LogP contribution in [0.4, 0.5) is 0 Å². The van der Waals surface area contributed by atoms with E-state index in [0.717, 1.165) is 13.1 Å². The first kappa shape index (κ1) is 12.1. The van der Waals surface area contributed by atoms with Gasteiger partial charge in [-0.05, 0) is 11.0 Å². The maximum absolute atomic E-state index is 11.2. The van der Waals surface area contributed by atoms with Gasteiger partial charge in [0.1, 0.15) is 0 Å². The Balaban J connectivity index is 2.04. The highest BCUT2D eigenvalue weighted by Crippen LogP contribution is 2.35. The number of nitrogens with zero attached hydrogens (tertiary/aromatic N) is 1. The van der Waals surface area contributed by atoms with Crippen molar-refractivity contribution in [3.8, 4) is 0 Å². The van der Waals surface area contributed by atoms with Gasteiger partial charge in [-0.15, -0.1) is 0 Å². The third kappa shape index (κ3) is 2.67. The van der Waals surface area contributed by atoms with Crippen molar-refractivity contribution in [1.82, 2.24) is 4.90 Å². The van der Waals surface area contributed by atoms with Crippen LogP contribution in [0.2, 0.25) is 0 Å². The molecule has 0 saturated carbocycles. The normalized spacial score (nSPS) is 23.8. The first-order valence-corrected chi connectivity index (χ1v) is 5.98. The number of carbonyl (C=O) groups is 1. The summed E-state index contributed by atoms with van der Waals surface area (Å²) in [4.78, 5) is 13.4. The number of benzene rings is 1. The molecule has 1 fully saturated rings. The zero-order chi connectivity index (χ0) is 12.5. The molecule has 92 valence electrons. The predicted molar refractivity (Wildman–Crippen MR) is 66.6 cm³/mol. The van der Waals surface area contributed by atoms with Gasteiger partial charge in [0.25, 0.3) is 0 Å². The van der Waals surface area contributed by atoms with Crippen LogP contribution in [0.5, 0.6) is 0 Å². The molecule has 1 aliphatic rings. The minimum atomic E-state index is -0.675. The van der Waals surface area contributed by atoms with E-state index in [0.29, 0.717) is 6.54 Å². The van der Waals surface area contributed by atoms with Crippen molar-refractivity contribution < 1.29 is 9.90 Å². The van der Waals surface area contributed by atoms with Gasteiger partial charge in [-0.3, -0.25) is 9.69 Å². The second-order valence-electron chi connectivity index (χ2n) is 5.53. The molecule has 1 aliphatic heterocycles. The minimum absolute atomic E-state index is 0.138. The van der Waals surface area contributed by atoms with E-state index in [1.165, 1.54) is 5.56 Å². The smallest absolute Gasteiger partial charge is 0.308 e. The lowest BCUT2D eigenvalue weighted by atomic mass is 9.82. The maximum Gasteiger partial charge on any atom is 0.308 e. The van der Waals surface area contributed by atoms with Crippen LogP contribution >= 0.6 is 0 Å². The molecular weight excluding hydrogens is 214 g/mol. The van der Waals surface area contributed by atoms with Gasteiger partial charge >= 0.3 is 5.97 Å². The summed E-state index contributed by atoms with van der Waals surface area (Å²) in [5.74, 6) is -0.934. The van der Waals surface area contributed by atoms with Crippen molar-refractivity contribution >= 4 is 5.97 Å². The third-order valence-electron chi connectivity index (χ3n) is 3.56. The largest absolute Gasteiger partial charge is 0.481 e. The Morgan fingerprint density at radius 3 is 2.59 bits per heavy atom. The van der Waals surface area contributed by atoms with Gasteiger partial charge in [-0.25, -0.2) is 0 Å². The zero-order valence-corrected chi connectivity index (χ0v) is 10.4. The van der Waals surface area contributed by atoms with Crippen LogP contribution in [0.15, 0.2) is 30.3 Å². The average Bonchev–Trinajstić information content (AvgIpc) is 2.55. The molecule has 1 aromatic rings. The van der Waals surface area contributed by atoms with Gasteiger partial charge in [-0.2, -0.15) is 0 Å². The summed E-state index contributed by atoms with van der Waals surface area (Å²) in [6, 6.07) is 10.2. The van der Waals surface area contributed by atoms with Crippen LogP contribution in [0.1, 0.15) is 19.4 Å². The minimum Gasteiger partial charge on any atom is -0.481 e. The summed E-state index contributed by atoms with van der Waals surface area (Å²) >= 11 is 0. The Labute approximate surface area is 102 Å². The first-order chi connectivity index (χ1) is 7.99. The molecule has 0 unspecified atom stereocenters. The number of carboxylic acid groups (broad SMARTS) is 1. The quantitative estimate of drug-likeness (QED) is 0.870. The zero-order valence-electron chi connectivity index (χ0n) is 10.4. The average molecular weight is 233 g/mol. The Kier molecular flexibility index (Phi) is 3.20. The number of carboxylic acids is 1. The van der Waals surface area contributed by atoms with Crippen molar-refractivity contribution in [1.29, 1.82) is 0 Å². The monoisotopic (exact) mass is 233 g/mol. The topological polar surface area (TPSA) is 40.5 Å². The van der Waals surface area contributed by atoms with E-state index in [9.17, 15) is 9.90 Å². The highest BCUT2D eigenvalue weighted by molar-refractivity contribution is 5.71. The molecule has 1 aromatic carbocycles. The predicted octanol–water partition coefficient (Wildman–Crippen LogP) is 2.23. The highest BCUT2D eigenvalue weighted by atomic mass is 16.4. The van der Waals surface area contributed by atoms with E-state index in [4.69, 9.17) is 0 Å². The van der Waals surface area contributed by atoms with E-state index in [-0.39, 0.29) is 11.3 Å². The third-order valence-corrected chi connectivity index (χ3v) is 3.56. The van der Waals surface area contributed by atoms with Gasteiger partial charge < -0.3 is 5.11 Å². The van der Waals surface area contributed by atoms with Gasteiger partial charge in [-0.1, -0.05) is 44.2 Å². The molecule has 17 heavy (non-hydrogen) atoms. The molecule has 3 heteroatoms. The summed E-state index contributed by atoms with van der Waals surface area (Å²) in [7, 11) is 0. The van der Waals surface area contributed by atoms with Crippen molar-refractivity contribution in [2.45, 2.75) is 20.4 Å². The van der Waals surface area contributed by atoms with Gasteiger partial charge in [0.15, 0.2) is 0 Å². The fourth-order valence-corrected chi connectivity index (χ4v) is 2.63. The summed E-state index contributed by atoms with van der Waals surface area (Å²) < 4.78 is 0. The van der Waals surface area contributed by atoms with Crippen molar-refractivity contribution in [3.05, 3.63) is 35.9 Å². The van der Waals surface area contributed by atoms with Crippen molar-refractivity contribution in [2.75, 3.05) is 13.1 Å². The molecule has 1 atom stereocenters. The second-order valence-corrected chi connectivity index (χ2v) is 5.53. The van der Waals surface area contributed by atoms with E-state index in [1.807, 2.05) is 32.0 Å². The summed E-state index contributed by atoms with van der Waals surface area (Å²) in [5, 5.41) is 9.21. The maximum atomic E-state index is 11.2. The SMILES string of the molecule is CC1(C)CN(Cc2ccccc2)C[C@@H]1C(=O)O. The molecule has 0 amide bonds. The molecule has 0 bridgehead atoms. The highest BCUT2D eigenvalue weighted by Gasteiger charge is 2.43. The molecule has 0 spiro atoms. The Bertz CT molecular complexity index is 400. The summed E-state index contributed by atoms with van der Waals surface area (Å²) in [6.07, 6.45) is 0. The van der Waals surface area contributed by atoms with Crippen LogP contribution in [0, 0.1) is 11.3 Å². The van der Waals surface area contributed by atoms with E-state index in [1.54, 1.807) is 0 Å². The molecule has 1 N–H and O–H groups in total. The summed E-state index contributed by atoms with van der Waals surface area (Å²) in [5.41, 5.74) is 1.11.